The molecule has 1 aromatic rings. The molecule has 2 nitrogen and oxygen atoms in total. The monoisotopic (exact) mass is 226 g/mol. The van der Waals surface area contributed by atoms with Crippen LogP contribution in [0.15, 0.2) is 30.3 Å². The van der Waals surface area contributed by atoms with Gasteiger partial charge < -0.3 is 5.32 Å². The molecule has 0 radical (unpaired) electrons. The molecule has 1 fully saturated rings. The van der Waals surface area contributed by atoms with Gasteiger partial charge in [-0.25, -0.2) is 0 Å². The lowest BCUT2D eigenvalue weighted by Gasteiger charge is -2.38. The van der Waals surface area contributed by atoms with Gasteiger partial charge >= 0.3 is 0 Å². The molecule has 16 heavy (non-hydrogen) atoms. The molecule has 1 aromatic carbocycles. The van der Waals surface area contributed by atoms with Crippen molar-refractivity contribution in [1.29, 1.82) is 0 Å². The summed E-state index contributed by atoms with van der Waals surface area (Å²) in [4.78, 5) is 1.73. The Morgan fingerprint density at radius 1 is 1.31 bits per heavy atom. The minimum Gasteiger partial charge on any atom is -0.314 e. The van der Waals surface area contributed by atoms with Gasteiger partial charge in [0.15, 0.2) is 0 Å². The van der Waals surface area contributed by atoms with Gasteiger partial charge in [-0.05, 0) is 7.05 Å². The SMILES string of the molecule is CN1CCNCC1C(F)(F)c1ccccc1. The van der Waals surface area contributed by atoms with Crippen LogP contribution >= 0.6 is 0 Å². The number of nitrogens with zero attached hydrogens (tertiary/aromatic N) is 1. The fourth-order valence-electron chi connectivity index (χ4n) is 2.06. The highest BCUT2D eigenvalue weighted by atomic mass is 19.3. The third-order valence-corrected chi connectivity index (χ3v) is 3.09. The number of hydrogen-bond acceptors (Lipinski definition) is 2. The first-order chi connectivity index (χ1) is 7.62. The lowest BCUT2D eigenvalue weighted by atomic mass is 9.98. The second kappa shape index (κ2) is 4.47. The maximum absolute atomic E-state index is 14.2. The summed E-state index contributed by atoms with van der Waals surface area (Å²) in [5.41, 5.74) is 0.0931. The summed E-state index contributed by atoms with van der Waals surface area (Å²) >= 11 is 0. The van der Waals surface area contributed by atoms with Crippen molar-refractivity contribution in [3.63, 3.8) is 0 Å². The first-order valence-electron chi connectivity index (χ1n) is 5.46. The van der Waals surface area contributed by atoms with Crippen molar-refractivity contribution in [2.75, 3.05) is 26.7 Å². The van der Waals surface area contributed by atoms with Crippen LogP contribution in [0.1, 0.15) is 5.56 Å². The molecule has 1 atom stereocenters. The van der Waals surface area contributed by atoms with Crippen LogP contribution in [0.4, 0.5) is 8.78 Å². The van der Waals surface area contributed by atoms with Crippen molar-refractivity contribution in [2.45, 2.75) is 12.0 Å². The average molecular weight is 226 g/mol. The van der Waals surface area contributed by atoms with Crippen molar-refractivity contribution in [3.05, 3.63) is 35.9 Å². The Labute approximate surface area is 94.3 Å². The first kappa shape index (κ1) is 11.5. The summed E-state index contributed by atoms with van der Waals surface area (Å²) in [6.45, 7) is 1.77. The predicted octanol–water partition coefficient (Wildman–Crippen LogP) is 1.68. The molecule has 1 unspecified atom stereocenters. The van der Waals surface area contributed by atoms with E-state index in [-0.39, 0.29) is 5.56 Å². The van der Waals surface area contributed by atoms with Crippen LogP contribution in [0.3, 0.4) is 0 Å². The Morgan fingerprint density at radius 2 is 2.00 bits per heavy atom. The van der Waals surface area contributed by atoms with E-state index in [1.807, 2.05) is 0 Å². The van der Waals surface area contributed by atoms with E-state index in [0.29, 0.717) is 13.1 Å². The highest BCUT2D eigenvalue weighted by molar-refractivity contribution is 5.22. The van der Waals surface area contributed by atoms with Crippen LogP contribution in [0, 0.1) is 0 Å². The smallest absolute Gasteiger partial charge is 0.289 e. The molecule has 1 aliphatic rings. The van der Waals surface area contributed by atoms with Gasteiger partial charge in [0.1, 0.15) is 0 Å². The summed E-state index contributed by atoms with van der Waals surface area (Å²) in [6.07, 6.45) is 0. The number of nitrogens with one attached hydrogen (secondary N) is 1. The van der Waals surface area contributed by atoms with Crippen LogP contribution in [0.25, 0.3) is 0 Å². The second-order valence-corrected chi connectivity index (χ2v) is 4.19. The number of alkyl halides is 2. The van der Waals surface area contributed by atoms with Gasteiger partial charge in [-0.15, -0.1) is 0 Å². The molecule has 4 heteroatoms. The summed E-state index contributed by atoms with van der Waals surface area (Å²) < 4.78 is 28.4. The maximum Gasteiger partial charge on any atom is 0.289 e. The number of halogens is 2. The van der Waals surface area contributed by atoms with E-state index < -0.39 is 12.0 Å². The Morgan fingerprint density at radius 3 is 2.62 bits per heavy atom. The van der Waals surface area contributed by atoms with Gasteiger partial charge in [-0.1, -0.05) is 30.3 Å². The van der Waals surface area contributed by atoms with E-state index in [9.17, 15) is 8.78 Å². The molecule has 1 saturated heterocycles. The van der Waals surface area contributed by atoms with E-state index >= 15 is 0 Å². The molecule has 0 spiro atoms. The molecule has 0 aromatic heterocycles. The standard InChI is InChI=1S/C12H16F2N2/c1-16-8-7-15-9-11(16)12(13,14)10-5-3-2-4-6-10/h2-6,11,15H,7-9H2,1H3. The fourth-order valence-corrected chi connectivity index (χ4v) is 2.06. The molecule has 0 saturated carbocycles. The van der Waals surface area contributed by atoms with E-state index in [1.165, 1.54) is 12.1 Å². The van der Waals surface area contributed by atoms with Crippen molar-refractivity contribution in [3.8, 4) is 0 Å². The molecule has 1 heterocycles. The summed E-state index contributed by atoms with van der Waals surface area (Å²) in [5.74, 6) is -2.80. The molecule has 1 N–H and O–H groups in total. The molecular formula is C12H16F2N2. The Kier molecular flexibility index (Phi) is 3.21. The predicted molar refractivity (Wildman–Crippen MR) is 59.6 cm³/mol. The van der Waals surface area contributed by atoms with E-state index in [0.717, 1.165) is 6.54 Å². The van der Waals surface area contributed by atoms with Crippen molar-refractivity contribution in [2.24, 2.45) is 0 Å². The number of benzene rings is 1. The fraction of sp³-hybridized carbons (Fsp3) is 0.500. The van der Waals surface area contributed by atoms with E-state index in [4.69, 9.17) is 0 Å². The number of likely N-dealkylation sites (N-methyl/N-ethyl adjacent to an activating group) is 1. The number of piperazine rings is 1. The quantitative estimate of drug-likeness (QED) is 0.825. The summed E-state index contributed by atoms with van der Waals surface area (Å²) in [7, 11) is 1.75. The van der Waals surface area contributed by atoms with Crippen LogP contribution in [0.2, 0.25) is 0 Å². The lowest BCUT2D eigenvalue weighted by molar-refractivity contribution is -0.0879. The van der Waals surface area contributed by atoms with Gasteiger partial charge in [0.25, 0.3) is 5.92 Å². The van der Waals surface area contributed by atoms with Crippen molar-refractivity contribution < 1.29 is 8.78 Å². The van der Waals surface area contributed by atoms with Crippen molar-refractivity contribution >= 4 is 0 Å². The van der Waals surface area contributed by atoms with Gasteiger partial charge in [0, 0.05) is 25.2 Å². The van der Waals surface area contributed by atoms with Gasteiger partial charge in [0.2, 0.25) is 0 Å². The van der Waals surface area contributed by atoms with E-state index in [2.05, 4.69) is 5.32 Å². The minimum atomic E-state index is -2.80. The van der Waals surface area contributed by atoms with Gasteiger partial charge in [-0.3, -0.25) is 4.90 Å². The summed E-state index contributed by atoms with van der Waals surface area (Å²) in [6, 6.07) is 7.27. The van der Waals surface area contributed by atoms with Crippen molar-refractivity contribution in [1.82, 2.24) is 10.2 Å². The zero-order valence-corrected chi connectivity index (χ0v) is 9.29. The summed E-state index contributed by atoms with van der Waals surface area (Å²) in [5, 5.41) is 3.02. The highest BCUT2D eigenvalue weighted by Crippen LogP contribution is 2.34. The number of hydrogen-bond donors (Lipinski definition) is 1. The topological polar surface area (TPSA) is 15.3 Å². The third-order valence-electron chi connectivity index (χ3n) is 3.09. The van der Waals surface area contributed by atoms with E-state index in [1.54, 1.807) is 30.1 Å². The van der Waals surface area contributed by atoms with Gasteiger partial charge in [0.05, 0.1) is 6.04 Å². The molecule has 2 rings (SSSR count). The lowest BCUT2D eigenvalue weighted by Crippen LogP contribution is -2.56. The molecule has 0 aliphatic carbocycles. The average Bonchev–Trinajstić information content (AvgIpc) is 2.30. The molecule has 0 bridgehead atoms. The third kappa shape index (κ3) is 2.08. The Balaban J connectivity index is 2.23. The minimum absolute atomic E-state index is 0.0931. The molecule has 0 amide bonds. The molecule has 88 valence electrons. The zero-order chi connectivity index (χ0) is 11.6. The highest BCUT2D eigenvalue weighted by Gasteiger charge is 2.44. The van der Waals surface area contributed by atoms with Crippen LogP contribution in [0.5, 0.6) is 0 Å². The maximum atomic E-state index is 14.2. The number of rotatable bonds is 2. The van der Waals surface area contributed by atoms with Crippen LogP contribution in [-0.4, -0.2) is 37.6 Å². The normalized spacial score (nSPS) is 23.3. The Hall–Kier alpha value is -1.00. The largest absolute Gasteiger partial charge is 0.314 e. The molecule has 1 aliphatic heterocycles. The molecular weight excluding hydrogens is 210 g/mol. The van der Waals surface area contributed by atoms with Gasteiger partial charge in [-0.2, -0.15) is 8.78 Å². The van der Waals surface area contributed by atoms with Crippen LogP contribution in [-0.2, 0) is 5.92 Å². The van der Waals surface area contributed by atoms with Crippen LogP contribution < -0.4 is 5.32 Å². The zero-order valence-electron chi connectivity index (χ0n) is 9.29. The second-order valence-electron chi connectivity index (χ2n) is 4.19. The first-order valence-corrected chi connectivity index (χ1v) is 5.46. The Bertz CT molecular complexity index is 340.